The van der Waals surface area contributed by atoms with Crippen molar-refractivity contribution >= 4 is 22.8 Å². The normalized spacial score (nSPS) is 10.9. The summed E-state index contributed by atoms with van der Waals surface area (Å²) < 4.78 is 3.62. The first-order chi connectivity index (χ1) is 14.4. The third-order valence-electron chi connectivity index (χ3n) is 4.81. The van der Waals surface area contributed by atoms with Gasteiger partial charge in [-0.2, -0.15) is 5.10 Å². The van der Waals surface area contributed by atoms with E-state index in [2.05, 4.69) is 20.9 Å². The monoisotopic (exact) mass is 402 g/mol. The van der Waals surface area contributed by atoms with E-state index in [1.54, 1.807) is 16.8 Å². The number of nitrogens with one attached hydrogen (secondary N) is 2. The van der Waals surface area contributed by atoms with Crippen LogP contribution < -0.4 is 10.9 Å². The highest BCUT2D eigenvalue weighted by Crippen LogP contribution is 2.22. The summed E-state index contributed by atoms with van der Waals surface area (Å²) in [6.07, 6.45) is 0. The van der Waals surface area contributed by atoms with Gasteiger partial charge in [-0.05, 0) is 57.2 Å². The van der Waals surface area contributed by atoms with Crippen LogP contribution in [0.3, 0.4) is 0 Å². The Bertz CT molecular complexity index is 1240. The van der Waals surface area contributed by atoms with Gasteiger partial charge in [-0.3, -0.25) is 29.7 Å². The maximum absolute atomic E-state index is 12.5. The van der Waals surface area contributed by atoms with Crippen LogP contribution in [0.15, 0.2) is 54.6 Å². The summed E-state index contributed by atoms with van der Waals surface area (Å²) in [6.45, 7) is 5.68. The van der Waals surface area contributed by atoms with Crippen LogP contribution in [-0.2, 0) is 11.3 Å². The lowest BCUT2D eigenvalue weighted by atomic mass is 10.2. The molecule has 152 valence electrons. The van der Waals surface area contributed by atoms with Gasteiger partial charge in [0.05, 0.1) is 16.7 Å². The summed E-state index contributed by atoms with van der Waals surface area (Å²) in [5.74, 6) is 0.0531. The number of amides is 2. The number of hydrazine groups is 1. The van der Waals surface area contributed by atoms with E-state index >= 15 is 0 Å². The number of para-hydroxylation sites is 1. The summed E-state index contributed by atoms with van der Waals surface area (Å²) >= 11 is 0. The molecule has 0 bridgehead atoms. The highest BCUT2D eigenvalue weighted by Gasteiger charge is 2.14. The Hall–Kier alpha value is -3.94. The predicted molar refractivity (Wildman–Crippen MR) is 113 cm³/mol. The summed E-state index contributed by atoms with van der Waals surface area (Å²) in [7, 11) is 0. The Morgan fingerprint density at radius 2 is 1.73 bits per heavy atom. The van der Waals surface area contributed by atoms with E-state index < -0.39 is 5.91 Å². The van der Waals surface area contributed by atoms with Crippen LogP contribution in [0.2, 0.25) is 0 Å². The Labute approximate surface area is 173 Å². The Morgan fingerprint density at radius 3 is 2.43 bits per heavy atom. The van der Waals surface area contributed by atoms with Crippen LogP contribution in [0.1, 0.15) is 27.6 Å². The molecule has 0 radical (unpaired) electrons. The van der Waals surface area contributed by atoms with E-state index in [9.17, 15) is 9.59 Å². The lowest BCUT2D eigenvalue weighted by Crippen LogP contribution is -2.43. The number of rotatable bonds is 4. The second-order valence-electron chi connectivity index (χ2n) is 7.12. The summed E-state index contributed by atoms with van der Waals surface area (Å²) in [6, 6.07) is 17.1. The molecule has 0 atom stereocenters. The fourth-order valence-corrected chi connectivity index (χ4v) is 3.45. The number of nitrogens with zero attached hydrogens (tertiary/aromatic N) is 4. The lowest BCUT2D eigenvalue weighted by Gasteiger charge is -2.09. The van der Waals surface area contributed by atoms with Crippen molar-refractivity contribution in [3.63, 3.8) is 0 Å². The van der Waals surface area contributed by atoms with Gasteiger partial charge in [-0.15, -0.1) is 0 Å². The topological polar surface area (TPSA) is 93.8 Å². The number of carbonyl (C=O) groups excluding carboxylic acids is 2. The Kier molecular flexibility index (Phi) is 5.05. The molecule has 2 heterocycles. The average molecular weight is 402 g/mol. The molecular formula is C22H22N6O2. The van der Waals surface area contributed by atoms with E-state index in [4.69, 9.17) is 0 Å². The molecule has 0 aliphatic heterocycles. The highest BCUT2D eigenvalue weighted by molar-refractivity contribution is 5.98. The number of fused-ring (bicyclic) bond motifs is 1. The van der Waals surface area contributed by atoms with Gasteiger partial charge in [0.25, 0.3) is 11.8 Å². The number of carbonyl (C=O) groups is 2. The van der Waals surface area contributed by atoms with E-state index in [1.165, 1.54) is 0 Å². The quantitative estimate of drug-likeness (QED) is 0.513. The number of hydrogen-bond acceptors (Lipinski definition) is 4. The molecule has 0 aliphatic rings. The Morgan fingerprint density at radius 1 is 0.967 bits per heavy atom. The minimum absolute atomic E-state index is 0.0274. The Balaban J connectivity index is 1.47. The number of aromatic nitrogens is 4. The standard InChI is InChI=1S/C22H22N6O2/c1-14-11-15(2)27(26-14)13-21(29)24-25-22(30)17-9-10-20-19(12-17)23-16(3)28(20)18-7-5-4-6-8-18/h4-12H,13H2,1-3H3,(H,24,29)(H,25,30). The SMILES string of the molecule is Cc1cc(C)n(CC(=O)NNC(=O)c2ccc3c(c2)nc(C)n3-c2ccccc2)n1. The molecule has 0 saturated heterocycles. The van der Waals surface area contributed by atoms with Crippen LogP contribution >= 0.6 is 0 Å². The maximum atomic E-state index is 12.5. The van der Waals surface area contributed by atoms with Crippen LogP contribution in [-0.4, -0.2) is 31.1 Å². The van der Waals surface area contributed by atoms with Gasteiger partial charge in [0.2, 0.25) is 0 Å². The van der Waals surface area contributed by atoms with Crippen molar-refractivity contribution in [1.29, 1.82) is 0 Å². The van der Waals surface area contributed by atoms with Gasteiger partial charge in [-0.1, -0.05) is 18.2 Å². The van der Waals surface area contributed by atoms with Gasteiger partial charge in [0.15, 0.2) is 0 Å². The van der Waals surface area contributed by atoms with Crippen molar-refractivity contribution in [2.75, 3.05) is 0 Å². The van der Waals surface area contributed by atoms with E-state index in [-0.39, 0.29) is 12.5 Å². The zero-order valence-corrected chi connectivity index (χ0v) is 17.0. The average Bonchev–Trinajstić information content (AvgIpc) is 3.23. The van der Waals surface area contributed by atoms with Crippen molar-refractivity contribution in [3.05, 3.63) is 77.4 Å². The zero-order valence-electron chi connectivity index (χ0n) is 17.0. The number of aryl methyl sites for hydroxylation is 3. The first-order valence-electron chi connectivity index (χ1n) is 9.57. The van der Waals surface area contributed by atoms with Crippen LogP contribution in [0.25, 0.3) is 16.7 Å². The molecule has 4 aromatic rings. The van der Waals surface area contributed by atoms with E-state index in [1.807, 2.05) is 67.8 Å². The molecule has 0 unspecified atom stereocenters. The first kappa shape index (κ1) is 19.4. The molecule has 30 heavy (non-hydrogen) atoms. The summed E-state index contributed by atoms with van der Waals surface area (Å²) in [4.78, 5) is 29.2. The molecule has 4 rings (SSSR count). The van der Waals surface area contributed by atoms with Gasteiger partial charge in [0.1, 0.15) is 12.4 Å². The van der Waals surface area contributed by atoms with Crippen molar-refractivity contribution < 1.29 is 9.59 Å². The molecule has 0 aliphatic carbocycles. The van der Waals surface area contributed by atoms with Crippen molar-refractivity contribution in [2.24, 2.45) is 0 Å². The zero-order chi connectivity index (χ0) is 21.3. The van der Waals surface area contributed by atoms with Crippen molar-refractivity contribution in [1.82, 2.24) is 30.2 Å². The molecule has 2 aromatic heterocycles. The summed E-state index contributed by atoms with van der Waals surface area (Å²) in [5.41, 5.74) is 9.62. The minimum atomic E-state index is -0.412. The molecule has 8 nitrogen and oxygen atoms in total. The van der Waals surface area contributed by atoms with Crippen LogP contribution in [0.5, 0.6) is 0 Å². The van der Waals surface area contributed by atoms with E-state index in [0.717, 1.165) is 28.4 Å². The minimum Gasteiger partial charge on any atom is -0.297 e. The summed E-state index contributed by atoms with van der Waals surface area (Å²) in [5, 5.41) is 4.24. The van der Waals surface area contributed by atoms with Gasteiger partial charge in [0, 0.05) is 16.9 Å². The maximum Gasteiger partial charge on any atom is 0.269 e. The number of imidazole rings is 1. The molecule has 0 fully saturated rings. The van der Waals surface area contributed by atoms with E-state index in [0.29, 0.717) is 11.1 Å². The van der Waals surface area contributed by atoms with Crippen LogP contribution in [0, 0.1) is 20.8 Å². The third kappa shape index (κ3) is 3.80. The number of hydrogen-bond donors (Lipinski definition) is 2. The largest absolute Gasteiger partial charge is 0.297 e. The fourth-order valence-electron chi connectivity index (χ4n) is 3.45. The van der Waals surface area contributed by atoms with Crippen molar-refractivity contribution in [3.8, 4) is 5.69 Å². The fraction of sp³-hybridized carbons (Fsp3) is 0.182. The number of benzene rings is 2. The second kappa shape index (κ2) is 7.82. The predicted octanol–water partition coefficient (Wildman–Crippen LogP) is 2.61. The molecule has 2 amide bonds. The molecule has 0 spiro atoms. The molecule has 2 N–H and O–H groups in total. The van der Waals surface area contributed by atoms with Crippen molar-refractivity contribution in [2.45, 2.75) is 27.3 Å². The molecule has 8 heteroatoms. The van der Waals surface area contributed by atoms with Gasteiger partial charge in [-0.25, -0.2) is 4.98 Å². The van der Waals surface area contributed by atoms with Crippen LogP contribution in [0.4, 0.5) is 0 Å². The molecular weight excluding hydrogens is 380 g/mol. The third-order valence-corrected chi connectivity index (χ3v) is 4.81. The lowest BCUT2D eigenvalue weighted by molar-refractivity contribution is -0.122. The first-order valence-corrected chi connectivity index (χ1v) is 9.57. The second-order valence-corrected chi connectivity index (χ2v) is 7.12. The molecule has 0 saturated carbocycles. The van der Waals surface area contributed by atoms with Gasteiger partial charge >= 0.3 is 0 Å². The van der Waals surface area contributed by atoms with Gasteiger partial charge < -0.3 is 0 Å². The highest BCUT2D eigenvalue weighted by atomic mass is 16.2. The molecule has 2 aromatic carbocycles. The smallest absolute Gasteiger partial charge is 0.269 e.